The van der Waals surface area contributed by atoms with Crippen LogP contribution in [0.25, 0.3) is 0 Å². The lowest BCUT2D eigenvalue weighted by atomic mass is 10.0. The molecular formula is C67H127NO5. The summed E-state index contributed by atoms with van der Waals surface area (Å²) in [7, 11) is 0. The number of unbranched alkanes of at least 4 members (excludes halogenated alkanes) is 44. The molecule has 1 amide bonds. The lowest BCUT2D eigenvalue weighted by Crippen LogP contribution is -2.45. The van der Waals surface area contributed by atoms with Crippen molar-refractivity contribution in [1.29, 1.82) is 0 Å². The summed E-state index contributed by atoms with van der Waals surface area (Å²) in [6.45, 7) is 4.93. The zero-order chi connectivity index (χ0) is 52.9. The second-order valence-corrected chi connectivity index (χ2v) is 22.4. The average Bonchev–Trinajstić information content (AvgIpc) is 3.39. The first kappa shape index (κ1) is 71.1. The van der Waals surface area contributed by atoms with Gasteiger partial charge in [-0.05, 0) is 77.0 Å². The fourth-order valence-electron chi connectivity index (χ4n) is 10.1. The summed E-state index contributed by atoms with van der Waals surface area (Å²) in [4.78, 5) is 24.5. The standard InChI is InChI=1S/C67H127NO5/c1-3-5-7-9-11-13-15-17-32-35-39-43-47-51-55-59-65(70)64(63-69)68-66(71)60-56-52-48-44-40-36-33-30-28-26-24-22-20-19-21-23-25-27-29-31-34-38-42-46-50-54-58-62-73-67(72)61-57-53-49-45-41-37-18-16-14-12-10-8-6-4-2/h10,12,16,18-20,64-65,69-70H,3-9,11,13-15,17,21-63H2,1-2H3,(H,68,71)/b12-10-,18-16-,20-19-. The Labute approximate surface area is 455 Å². The number of hydrogen-bond acceptors (Lipinski definition) is 5. The summed E-state index contributed by atoms with van der Waals surface area (Å²) >= 11 is 0. The van der Waals surface area contributed by atoms with Crippen LogP contribution in [0.15, 0.2) is 36.5 Å². The molecule has 0 fully saturated rings. The Morgan fingerprint density at radius 1 is 0.384 bits per heavy atom. The number of allylic oxidation sites excluding steroid dienone is 6. The van der Waals surface area contributed by atoms with Crippen LogP contribution in [-0.4, -0.2) is 47.4 Å². The minimum absolute atomic E-state index is 0.000574. The van der Waals surface area contributed by atoms with Crippen LogP contribution in [0.4, 0.5) is 0 Å². The van der Waals surface area contributed by atoms with E-state index in [1.165, 1.54) is 270 Å². The molecule has 0 radical (unpaired) electrons. The molecule has 73 heavy (non-hydrogen) atoms. The van der Waals surface area contributed by atoms with Crippen LogP contribution in [0.5, 0.6) is 0 Å². The third-order valence-corrected chi connectivity index (χ3v) is 15.2. The van der Waals surface area contributed by atoms with Crippen molar-refractivity contribution in [2.24, 2.45) is 0 Å². The maximum absolute atomic E-state index is 12.5. The van der Waals surface area contributed by atoms with Gasteiger partial charge >= 0.3 is 5.97 Å². The van der Waals surface area contributed by atoms with Crippen LogP contribution in [-0.2, 0) is 14.3 Å². The monoisotopic (exact) mass is 1030 g/mol. The molecule has 0 spiro atoms. The van der Waals surface area contributed by atoms with E-state index in [0.29, 0.717) is 25.9 Å². The Balaban J connectivity index is 3.38. The lowest BCUT2D eigenvalue weighted by Gasteiger charge is -2.22. The van der Waals surface area contributed by atoms with Gasteiger partial charge in [0.25, 0.3) is 0 Å². The number of esters is 1. The van der Waals surface area contributed by atoms with Crippen LogP contribution >= 0.6 is 0 Å². The molecule has 2 unspecified atom stereocenters. The highest BCUT2D eigenvalue weighted by Gasteiger charge is 2.20. The van der Waals surface area contributed by atoms with E-state index in [-0.39, 0.29) is 18.5 Å². The van der Waals surface area contributed by atoms with E-state index in [9.17, 15) is 19.8 Å². The molecule has 0 saturated carbocycles. The van der Waals surface area contributed by atoms with Gasteiger partial charge in [-0.3, -0.25) is 9.59 Å². The number of rotatable bonds is 61. The maximum atomic E-state index is 12.5. The van der Waals surface area contributed by atoms with Gasteiger partial charge < -0.3 is 20.3 Å². The fraction of sp³-hybridized carbons (Fsp3) is 0.881. The Morgan fingerprint density at radius 3 is 1.10 bits per heavy atom. The summed E-state index contributed by atoms with van der Waals surface area (Å²) in [5.74, 6) is -0.0334. The first-order valence-electron chi connectivity index (χ1n) is 32.7. The topological polar surface area (TPSA) is 95.9 Å². The second kappa shape index (κ2) is 62.6. The van der Waals surface area contributed by atoms with Gasteiger partial charge in [0.1, 0.15) is 0 Å². The zero-order valence-corrected chi connectivity index (χ0v) is 49.1. The van der Waals surface area contributed by atoms with E-state index in [1.807, 2.05) is 0 Å². The van der Waals surface area contributed by atoms with Crippen molar-refractivity contribution in [2.75, 3.05) is 13.2 Å². The van der Waals surface area contributed by atoms with E-state index in [4.69, 9.17) is 4.74 Å². The molecule has 0 bridgehead atoms. The molecule has 0 aromatic carbocycles. The highest BCUT2D eigenvalue weighted by molar-refractivity contribution is 5.76. The molecule has 0 aromatic heterocycles. The van der Waals surface area contributed by atoms with E-state index in [0.717, 1.165) is 51.4 Å². The molecule has 0 aromatic rings. The van der Waals surface area contributed by atoms with Gasteiger partial charge in [0, 0.05) is 12.8 Å². The van der Waals surface area contributed by atoms with Gasteiger partial charge in [-0.2, -0.15) is 0 Å². The van der Waals surface area contributed by atoms with Gasteiger partial charge in [-0.1, -0.05) is 301 Å². The summed E-state index contributed by atoms with van der Waals surface area (Å²) < 4.78 is 5.48. The molecule has 0 heterocycles. The van der Waals surface area contributed by atoms with Crippen LogP contribution in [0.3, 0.4) is 0 Å². The Bertz CT molecular complexity index is 1180. The molecule has 430 valence electrons. The number of nitrogens with one attached hydrogen (secondary N) is 1. The maximum Gasteiger partial charge on any atom is 0.305 e. The molecule has 6 nitrogen and oxygen atoms in total. The summed E-state index contributed by atoms with van der Waals surface area (Å²) in [6, 6.07) is -0.542. The van der Waals surface area contributed by atoms with Crippen molar-refractivity contribution in [1.82, 2.24) is 5.32 Å². The third kappa shape index (κ3) is 59.2. The van der Waals surface area contributed by atoms with Crippen molar-refractivity contribution in [3.05, 3.63) is 36.5 Å². The van der Waals surface area contributed by atoms with Crippen LogP contribution in [0.1, 0.15) is 354 Å². The first-order chi connectivity index (χ1) is 36.0. The van der Waals surface area contributed by atoms with Gasteiger partial charge in [0.05, 0.1) is 25.4 Å². The highest BCUT2D eigenvalue weighted by Crippen LogP contribution is 2.18. The molecule has 0 aliphatic heterocycles. The number of aliphatic hydroxyl groups excluding tert-OH is 2. The van der Waals surface area contributed by atoms with Crippen LogP contribution in [0, 0.1) is 0 Å². The minimum atomic E-state index is -0.665. The largest absolute Gasteiger partial charge is 0.466 e. The summed E-state index contributed by atoms with van der Waals surface area (Å²) in [5.41, 5.74) is 0. The third-order valence-electron chi connectivity index (χ3n) is 15.2. The van der Waals surface area contributed by atoms with E-state index in [2.05, 4.69) is 55.6 Å². The number of ether oxygens (including phenoxy) is 1. The van der Waals surface area contributed by atoms with Crippen LogP contribution in [0.2, 0.25) is 0 Å². The number of aliphatic hydroxyl groups is 2. The Hall–Kier alpha value is -1.92. The quantitative estimate of drug-likeness (QED) is 0.0320. The highest BCUT2D eigenvalue weighted by atomic mass is 16.5. The van der Waals surface area contributed by atoms with E-state index >= 15 is 0 Å². The van der Waals surface area contributed by atoms with Gasteiger partial charge in [-0.15, -0.1) is 0 Å². The molecule has 3 N–H and O–H groups in total. The normalized spacial score (nSPS) is 12.8. The first-order valence-corrected chi connectivity index (χ1v) is 32.7. The van der Waals surface area contributed by atoms with E-state index < -0.39 is 12.1 Å². The zero-order valence-electron chi connectivity index (χ0n) is 49.1. The van der Waals surface area contributed by atoms with Crippen molar-refractivity contribution >= 4 is 11.9 Å². The van der Waals surface area contributed by atoms with Crippen molar-refractivity contribution in [3.8, 4) is 0 Å². The van der Waals surface area contributed by atoms with Gasteiger partial charge in [0.15, 0.2) is 0 Å². The molecule has 0 saturated heterocycles. The Morgan fingerprint density at radius 2 is 0.699 bits per heavy atom. The number of amides is 1. The van der Waals surface area contributed by atoms with Crippen LogP contribution < -0.4 is 5.32 Å². The molecule has 0 aliphatic rings. The predicted octanol–water partition coefficient (Wildman–Crippen LogP) is 20.8. The number of carbonyl (C=O) groups excluding carboxylic acids is 2. The molecule has 2 atom stereocenters. The second-order valence-electron chi connectivity index (χ2n) is 22.4. The molecule has 0 aliphatic carbocycles. The lowest BCUT2D eigenvalue weighted by molar-refractivity contribution is -0.143. The van der Waals surface area contributed by atoms with Gasteiger partial charge in [0.2, 0.25) is 5.91 Å². The van der Waals surface area contributed by atoms with Crippen molar-refractivity contribution < 1.29 is 24.5 Å². The summed E-state index contributed by atoms with van der Waals surface area (Å²) in [6.07, 6.45) is 78.8. The fourth-order valence-corrected chi connectivity index (χ4v) is 10.1. The molecule has 6 heteroatoms. The average molecular weight is 1030 g/mol. The van der Waals surface area contributed by atoms with Gasteiger partial charge in [-0.25, -0.2) is 0 Å². The summed E-state index contributed by atoms with van der Waals surface area (Å²) in [5, 5.41) is 23.3. The SMILES string of the molecule is CCCC/C=C\C/C=C\CCCCCCCC(=O)OCCCCCCCCCCCCCC/C=C\CCCCCCCCCCCCCC(=O)NC(CO)C(O)CCCCCCCCCCCCCCCCC. The smallest absolute Gasteiger partial charge is 0.305 e. The predicted molar refractivity (Wildman–Crippen MR) is 319 cm³/mol. The minimum Gasteiger partial charge on any atom is -0.466 e. The molecular weight excluding hydrogens is 899 g/mol. The van der Waals surface area contributed by atoms with Crippen molar-refractivity contribution in [3.63, 3.8) is 0 Å². The van der Waals surface area contributed by atoms with E-state index in [1.54, 1.807) is 0 Å². The number of carbonyl (C=O) groups is 2. The molecule has 0 rings (SSSR count). The Kier molecular flexibility index (Phi) is 61.0. The van der Waals surface area contributed by atoms with Crippen molar-refractivity contribution in [2.45, 2.75) is 366 Å². The number of hydrogen-bond donors (Lipinski definition) is 3.